The van der Waals surface area contributed by atoms with E-state index in [0.29, 0.717) is 18.4 Å². The molecule has 0 saturated heterocycles. The van der Waals surface area contributed by atoms with Crippen LogP contribution in [0.3, 0.4) is 0 Å². The van der Waals surface area contributed by atoms with Gasteiger partial charge < -0.3 is 5.32 Å². The number of nitrogens with zero attached hydrogens (tertiary/aromatic N) is 1. The lowest BCUT2D eigenvalue weighted by Gasteiger charge is -2.30. The largest absolute Gasteiger partial charge is 0.407 e. The molecule has 2 aromatic rings. The zero-order valence-corrected chi connectivity index (χ0v) is 17.9. The molecule has 1 aliphatic carbocycles. The number of alkyl halides is 5. The molecule has 176 valence electrons. The zero-order chi connectivity index (χ0) is 24.3. The van der Waals surface area contributed by atoms with Crippen molar-refractivity contribution in [2.75, 3.05) is 0 Å². The molecular formula is C24H24F5N3O. The number of rotatable bonds is 9. The Kier molecular flexibility index (Phi) is 7.08. The normalized spacial score (nSPS) is 17.0. The summed E-state index contributed by atoms with van der Waals surface area (Å²) in [6.07, 6.45) is -6.08. The number of aryl methyl sites for hydroxylation is 1. The monoisotopic (exact) mass is 465 g/mol. The maximum atomic E-state index is 14.9. The van der Waals surface area contributed by atoms with Crippen LogP contribution in [-0.2, 0) is 11.2 Å². The molecular weight excluding hydrogens is 441 g/mol. The van der Waals surface area contributed by atoms with Crippen LogP contribution in [0.1, 0.15) is 42.0 Å². The van der Waals surface area contributed by atoms with Crippen molar-refractivity contribution in [3.05, 3.63) is 71.3 Å². The summed E-state index contributed by atoms with van der Waals surface area (Å²) in [7, 11) is 0. The average Bonchev–Trinajstić information content (AvgIpc) is 3.51. The number of hydrogen-bond acceptors (Lipinski definition) is 3. The van der Waals surface area contributed by atoms with Crippen LogP contribution >= 0.6 is 0 Å². The SMILES string of the molecule is Cc1ccc([C@H](N[C@@H](CC(F)(F)Cc2ccccc2)C(=O)NC2(C#N)CC2)C(F)(F)F)cc1. The predicted octanol–water partition coefficient (Wildman–Crippen LogP) is 5.00. The van der Waals surface area contributed by atoms with Crippen molar-refractivity contribution in [3.63, 3.8) is 0 Å². The van der Waals surface area contributed by atoms with Crippen molar-refractivity contribution in [1.82, 2.24) is 10.6 Å². The van der Waals surface area contributed by atoms with Crippen LogP contribution in [0, 0.1) is 18.3 Å². The van der Waals surface area contributed by atoms with Crippen LogP contribution in [0.2, 0.25) is 0 Å². The summed E-state index contributed by atoms with van der Waals surface area (Å²) in [5.41, 5.74) is -0.376. The van der Waals surface area contributed by atoms with Gasteiger partial charge in [-0.25, -0.2) is 8.78 Å². The minimum absolute atomic E-state index is 0.196. The molecule has 1 fully saturated rings. The van der Waals surface area contributed by atoms with Gasteiger partial charge in [-0.3, -0.25) is 10.1 Å². The van der Waals surface area contributed by atoms with Gasteiger partial charge in [0.15, 0.2) is 0 Å². The summed E-state index contributed by atoms with van der Waals surface area (Å²) >= 11 is 0. The van der Waals surface area contributed by atoms with E-state index in [2.05, 4.69) is 10.6 Å². The van der Waals surface area contributed by atoms with Gasteiger partial charge in [0.25, 0.3) is 5.92 Å². The Labute approximate surface area is 188 Å². The number of nitrogens with one attached hydrogen (secondary N) is 2. The molecule has 2 atom stereocenters. The lowest BCUT2D eigenvalue weighted by atomic mass is 9.97. The van der Waals surface area contributed by atoms with E-state index in [1.165, 1.54) is 36.4 Å². The first-order valence-electron chi connectivity index (χ1n) is 10.5. The smallest absolute Gasteiger partial charge is 0.336 e. The van der Waals surface area contributed by atoms with Crippen LogP contribution in [0.15, 0.2) is 54.6 Å². The summed E-state index contributed by atoms with van der Waals surface area (Å²) in [5.74, 6) is -4.52. The first-order valence-corrected chi connectivity index (χ1v) is 10.5. The third-order valence-corrected chi connectivity index (χ3v) is 5.56. The Morgan fingerprint density at radius 1 is 1.06 bits per heavy atom. The first-order chi connectivity index (χ1) is 15.4. The highest BCUT2D eigenvalue weighted by molar-refractivity contribution is 5.83. The van der Waals surface area contributed by atoms with Crippen molar-refractivity contribution in [3.8, 4) is 6.07 Å². The molecule has 4 nitrogen and oxygen atoms in total. The van der Waals surface area contributed by atoms with Gasteiger partial charge in [0.2, 0.25) is 5.91 Å². The van der Waals surface area contributed by atoms with Crippen molar-refractivity contribution < 1.29 is 26.7 Å². The number of nitriles is 1. The fraction of sp³-hybridized carbons (Fsp3) is 0.417. The van der Waals surface area contributed by atoms with E-state index >= 15 is 0 Å². The number of amides is 1. The Hall–Kier alpha value is -2.99. The molecule has 0 aromatic heterocycles. The molecule has 0 unspecified atom stereocenters. The van der Waals surface area contributed by atoms with Crippen molar-refractivity contribution in [2.24, 2.45) is 0 Å². The van der Waals surface area contributed by atoms with E-state index < -0.39 is 48.5 Å². The minimum Gasteiger partial charge on any atom is -0.336 e. The molecule has 0 bridgehead atoms. The number of halogens is 5. The van der Waals surface area contributed by atoms with E-state index in [1.54, 1.807) is 25.1 Å². The van der Waals surface area contributed by atoms with Crippen LogP contribution in [0.4, 0.5) is 22.0 Å². The zero-order valence-electron chi connectivity index (χ0n) is 17.9. The Morgan fingerprint density at radius 3 is 2.18 bits per heavy atom. The molecule has 0 radical (unpaired) electrons. The average molecular weight is 465 g/mol. The number of benzene rings is 2. The van der Waals surface area contributed by atoms with Gasteiger partial charge in [-0.2, -0.15) is 18.4 Å². The quantitative estimate of drug-likeness (QED) is 0.513. The van der Waals surface area contributed by atoms with Gasteiger partial charge >= 0.3 is 6.18 Å². The van der Waals surface area contributed by atoms with E-state index in [9.17, 15) is 32.0 Å². The topological polar surface area (TPSA) is 64.9 Å². The van der Waals surface area contributed by atoms with Gasteiger partial charge in [-0.05, 0) is 30.9 Å². The van der Waals surface area contributed by atoms with Gasteiger partial charge in [-0.15, -0.1) is 0 Å². The third-order valence-electron chi connectivity index (χ3n) is 5.56. The van der Waals surface area contributed by atoms with E-state index in [1.807, 2.05) is 6.07 Å². The first kappa shape index (κ1) is 24.6. The van der Waals surface area contributed by atoms with E-state index in [4.69, 9.17) is 0 Å². The molecule has 3 rings (SSSR count). The molecule has 9 heteroatoms. The molecule has 0 heterocycles. The second kappa shape index (κ2) is 9.48. The highest BCUT2D eigenvalue weighted by atomic mass is 19.4. The summed E-state index contributed by atoms with van der Waals surface area (Å²) in [6.45, 7) is 1.71. The molecule has 0 aliphatic heterocycles. The second-order valence-electron chi connectivity index (χ2n) is 8.51. The maximum absolute atomic E-state index is 14.9. The van der Waals surface area contributed by atoms with Gasteiger partial charge in [0.1, 0.15) is 11.6 Å². The van der Waals surface area contributed by atoms with Gasteiger partial charge in [0, 0.05) is 12.8 Å². The van der Waals surface area contributed by atoms with E-state index in [0.717, 1.165) is 5.56 Å². The lowest BCUT2D eigenvalue weighted by Crippen LogP contribution is -2.53. The molecule has 0 spiro atoms. The second-order valence-corrected chi connectivity index (χ2v) is 8.51. The van der Waals surface area contributed by atoms with Crippen molar-refractivity contribution >= 4 is 5.91 Å². The van der Waals surface area contributed by atoms with Gasteiger partial charge in [0.05, 0.1) is 12.1 Å². The fourth-order valence-corrected chi connectivity index (χ4v) is 3.55. The Morgan fingerprint density at radius 2 is 1.67 bits per heavy atom. The molecule has 1 amide bonds. The van der Waals surface area contributed by atoms with Crippen LogP contribution in [-0.4, -0.2) is 29.6 Å². The van der Waals surface area contributed by atoms with Crippen LogP contribution < -0.4 is 10.6 Å². The molecule has 2 N–H and O–H groups in total. The van der Waals surface area contributed by atoms with E-state index in [-0.39, 0.29) is 5.56 Å². The van der Waals surface area contributed by atoms with Gasteiger partial charge in [-0.1, -0.05) is 60.2 Å². The lowest BCUT2D eigenvalue weighted by molar-refractivity contribution is -0.163. The van der Waals surface area contributed by atoms with Crippen LogP contribution in [0.25, 0.3) is 0 Å². The highest BCUT2D eigenvalue weighted by Gasteiger charge is 2.49. The molecule has 1 saturated carbocycles. The predicted molar refractivity (Wildman–Crippen MR) is 112 cm³/mol. The maximum Gasteiger partial charge on any atom is 0.407 e. The molecule has 2 aromatic carbocycles. The minimum atomic E-state index is -4.84. The Bertz CT molecular complexity index is 996. The summed E-state index contributed by atoms with van der Waals surface area (Å²) in [6, 6.07) is 10.9. The fourth-order valence-electron chi connectivity index (χ4n) is 3.55. The summed E-state index contributed by atoms with van der Waals surface area (Å²) in [4.78, 5) is 12.8. The number of carbonyl (C=O) groups is 1. The number of carbonyl (C=O) groups excluding carboxylic acids is 1. The highest BCUT2D eigenvalue weighted by Crippen LogP contribution is 2.37. The summed E-state index contributed by atoms with van der Waals surface area (Å²) in [5, 5.41) is 13.7. The standard InChI is InChI=1S/C24H24F5N3O/c1-16-7-9-18(10-8-16)20(24(27,28)29)31-19(21(33)32-22(15-30)11-12-22)14-23(25,26)13-17-5-3-2-4-6-17/h2-10,19-20,31H,11-14H2,1H3,(H,32,33)/t19-,20-/m0/s1. The van der Waals surface area contributed by atoms with Crippen LogP contribution in [0.5, 0.6) is 0 Å². The van der Waals surface area contributed by atoms with Crippen molar-refractivity contribution in [2.45, 2.75) is 62.3 Å². The Balaban J connectivity index is 1.87. The summed E-state index contributed by atoms with van der Waals surface area (Å²) < 4.78 is 71.4. The number of hydrogen-bond donors (Lipinski definition) is 2. The molecule has 33 heavy (non-hydrogen) atoms. The third kappa shape index (κ3) is 6.75. The van der Waals surface area contributed by atoms with Crippen molar-refractivity contribution in [1.29, 1.82) is 5.26 Å². The molecule has 1 aliphatic rings.